The van der Waals surface area contributed by atoms with Crippen molar-refractivity contribution in [2.45, 2.75) is 44.6 Å². The quantitative estimate of drug-likeness (QED) is 0.501. The van der Waals surface area contributed by atoms with E-state index >= 15 is 0 Å². The number of benzene rings is 1. The molecule has 5 rings (SSSR count). The predicted octanol–water partition coefficient (Wildman–Crippen LogP) is 5.46. The lowest BCUT2D eigenvalue weighted by molar-refractivity contribution is 0.129. The van der Waals surface area contributed by atoms with E-state index in [1.165, 1.54) is 12.1 Å². The summed E-state index contributed by atoms with van der Waals surface area (Å²) in [6.45, 7) is 2.14. The lowest BCUT2D eigenvalue weighted by Gasteiger charge is -2.43. The van der Waals surface area contributed by atoms with E-state index in [4.69, 9.17) is 4.74 Å². The van der Waals surface area contributed by atoms with E-state index < -0.39 is 0 Å². The van der Waals surface area contributed by atoms with E-state index in [0.29, 0.717) is 24.9 Å². The largest absolute Gasteiger partial charge is 0.450 e. The molecule has 36 heavy (non-hydrogen) atoms. The Bertz CT molecular complexity index is 1320. The Morgan fingerprint density at radius 1 is 1.22 bits per heavy atom. The summed E-state index contributed by atoms with van der Waals surface area (Å²) in [7, 11) is 0. The van der Waals surface area contributed by atoms with Crippen molar-refractivity contribution in [3.8, 4) is 11.1 Å². The number of nitrogens with zero attached hydrogens (tertiary/aromatic N) is 1. The fraction of sp³-hybridized carbons (Fsp3) is 0.345. The van der Waals surface area contributed by atoms with Crippen LogP contribution in [0.4, 0.5) is 9.18 Å². The Labute approximate surface area is 209 Å². The highest BCUT2D eigenvalue weighted by molar-refractivity contribution is 5.67. The molecule has 0 spiro atoms. The molecule has 1 aromatic carbocycles. The first kappa shape index (κ1) is 24.0. The Hall–Kier alpha value is -3.74. The summed E-state index contributed by atoms with van der Waals surface area (Å²) in [5.74, 6) is 0.487. The van der Waals surface area contributed by atoms with Gasteiger partial charge < -0.3 is 15.0 Å². The smallest absolute Gasteiger partial charge is 0.407 e. The van der Waals surface area contributed by atoms with Crippen LogP contribution < -0.4 is 10.9 Å². The van der Waals surface area contributed by atoms with Gasteiger partial charge in [-0.1, -0.05) is 24.3 Å². The van der Waals surface area contributed by atoms with Gasteiger partial charge in [-0.25, -0.2) is 9.18 Å². The van der Waals surface area contributed by atoms with Gasteiger partial charge in [0.2, 0.25) is 0 Å². The number of aromatic nitrogens is 2. The average Bonchev–Trinajstić information content (AvgIpc) is 2.87. The molecule has 2 heterocycles. The molecule has 0 saturated heterocycles. The normalized spacial score (nSPS) is 23.1. The van der Waals surface area contributed by atoms with Crippen molar-refractivity contribution in [2.75, 3.05) is 6.61 Å². The standard InChI is InChI=1S/C29H30FN3O3/c1-2-36-29(35)33-23-9-10-24-20(15-23)16-27-26(12-13-31-28(27)34)25(24)11-8-22-7-6-19(17-32-22)18-4-3-5-21(30)14-18/h3-8,11-14,17,20,23-25H,2,9-10,15-16H2,1H3,(H,31,34)(H,33,35)/t20-,23+,24+,25-/m0/s1. The molecular weight excluding hydrogens is 457 g/mol. The van der Waals surface area contributed by atoms with Crippen LogP contribution in [-0.4, -0.2) is 28.7 Å². The fourth-order valence-electron chi connectivity index (χ4n) is 5.80. The Kier molecular flexibility index (Phi) is 6.98. The van der Waals surface area contributed by atoms with Gasteiger partial charge >= 0.3 is 6.09 Å². The fourth-order valence-corrected chi connectivity index (χ4v) is 5.80. The van der Waals surface area contributed by atoms with Crippen LogP contribution in [0.5, 0.6) is 0 Å². The highest BCUT2D eigenvalue weighted by Gasteiger charge is 2.40. The van der Waals surface area contributed by atoms with Gasteiger partial charge in [-0.05, 0) is 85.9 Å². The molecule has 2 N–H and O–H groups in total. The maximum atomic E-state index is 13.6. The zero-order valence-electron chi connectivity index (χ0n) is 20.2. The lowest BCUT2D eigenvalue weighted by Crippen LogP contribution is -2.45. The summed E-state index contributed by atoms with van der Waals surface area (Å²) < 4.78 is 18.6. The number of H-pyrrole nitrogens is 1. The average molecular weight is 488 g/mol. The molecule has 4 atom stereocenters. The van der Waals surface area contributed by atoms with Gasteiger partial charge in [0.25, 0.3) is 5.56 Å². The summed E-state index contributed by atoms with van der Waals surface area (Å²) >= 11 is 0. The molecule has 1 fully saturated rings. The second-order valence-electron chi connectivity index (χ2n) is 9.61. The van der Waals surface area contributed by atoms with E-state index in [-0.39, 0.29) is 29.4 Å². The van der Waals surface area contributed by atoms with Gasteiger partial charge in [-0.15, -0.1) is 0 Å². The molecule has 2 aliphatic rings. The van der Waals surface area contributed by atoms with E-state index in [1.807, 2.05) is 30.3 Å². The van der Waals surface area contributed by atoms with Gasteiger partial charge in [-0.2, -0.15) is 0 Å². The van der Waals surface area contributed by atoms with Crippen LogP contribution in [0.25, 0.3) is 17.2 Å². The van der Waals surface area contributed by atoms with Crippen molar-refractivity contribution in [3.63, 3.8) is 0 Å². The summed E-state index contributed by atoms with van der Waals surface area (Å²) in [6.07, 6.45) is 10.6. The SMILES string of the molecule is CCOC(=O)N[C@@H]1CC[C@@H]2[C@H](Cc3c(cc[nH]c3=O)[C@H]2C=Cc2ccc(-c3cccc(F)c3)cn2)C1. The maximum Gasteiger partial charge on any atom is 0.407 e. The van der Waals surface area contributed by atoms with E-state index in [9.17, 15) is 14.0 Å². The molecule has 0 unspecified atom stereocenters. The lowest BCUT2D eigenvalue weighted by atomic mass is 9.62. The van der Waals surface area contributed by atoms with Crippen LogP contribution in [0.1, 0.15) is 48.9 Å². The highest BCUT2D eigenvalue weighted by Crippen LogP contribution is 2.46. The number of ether oxygens (including phenoxy) is 1. The molecule has 7 heteroatoms. The van der Waals surface area contributed by atoms with Gasteiger partial charge in [-0.3, -0.25) is 9.78 Å². The predicted molar refractivity (Wildman–Crippen MR) is 137 cm³/mol. The van der Waals surface area contributed by atoms with Crippen molar-refractivity contribution in [1.82, 2.24) is 15.3 Å². The highest BCUT2D eigenvalue weighted by atomic mass is 19.1. The van der Waals surface area contributed by atoms with E-state index in [0.717, 1.165) is 47.2 Å². The number of hydrogen-bond acceptors (Lipinski definition) is 4. The number of pyridine rings is 2. The van der Waals surface area contributed by atoms with Crippen LogP contribution in [0.15, 0.2) is 65.7 Å². The number of amides is 1. The van der Waals surface area contributed by atoms with Crippen LogP contribution in [0.2, 0.25) is 0 Å². The number of rotatable bonds is 5. The Morgan fingerprint density at radius 3 is 2.89 bits per heavy atom. The topological polar surface area (TPSA) is 84.1 Å². The Balaban J connectivity index is 1.37. The molecule has 6 nitrogen and oxygen atoms in total. The summed E-state index contributed by atoms with van der Waals surface area (Å²) in [6, 6.07) is 12.4. The second kappa shape index (κ2) is 10.5. The number of halogens is 1. The van der Waals surface area contributed by atoms with Crippen LogP contribution in [-0.2, 0) is 11.2 Å². The summed E-state index contributed by atoms with van der Waals surface area (Å²) in [4.78, 5) is 32.0. The van der Waals surface area contributed by atoms with Crippen molar-refractivity contribution in [2.24, 2.45) is 11.8 Å². The van der Waals surface area contributed by atoms with Crippen molar-refractivity contribution in [1.29, 1.82) is 0 Å². The zero-order chi connectivity index (χ0) is 25.1. The number of nitrogens with one attached hydrogen (secondary N) is 2. The first-order valence-electron chi connectivity index (χ1n) is 12.6. The zero-order valence-corrected chi connectivity index (χ0v) is 20.2. The molecule has 0 bridgehead atoms. The van der Waals surface area contributed by atoms with Crippen LogP contribution >= 0.6 is 0 Å². The minimum atomic E-state index is -0.376. The van der Waals surface area contributed by atoms with Crippen molar-refractivity contribution in [3.05, 3.63) is 93.9 Å². The number of aromatic amines is 1. The second-order valence-corrected chi connectivity index (χ2v) is 9.61. The number of hydrogen-bond donors (Lipinski definition) is 2. The van der Waals surface area contributed by atoms with E-state index in [1.54, 1.807) is 25.4 Å². The molecular formula is C29H30FN3O3. The molecule has 3 aromatic rings. The van der Waals surface area contributed by atoms with Crippen molar-refractivity contribution >= 4 is 12.2 Å². The van der Waals surface area contributed by atoms with Gasteiger partial charge in [0.1, 0.15) is 5.82 Å². The molecule has 186 valence electrons. The van der Waals surface area contributed by atoms with Crippen molar-refractivity contribution < 1.29 is 13.9 Å². The molecule has 1 amide bonds. The maximum absolute atomic E-state index is 13.6. The third-order valence-electron chi connectivity index (χ3n) is 7.44. The third-order valence-corrected chi connectivity index (χ3v) is 7.44. The number of fused-ring (bicyclic) bond motifs is 2. The summed E-state index contributed by atoms with van der Waals surface area (Å²) in [5.41, 5.74) is 4.32. The number of carbonyl (C=O) groups excluding carboxylic acids is 1. The summed E-state index contributed by atoms with van der Waals surface area (Å²) in [5, 5.41) is 2.99. The molecule has 2 aliphatic carbocycles. The number of allylic oxidation sites excluding steroid dienone is 1. The minimum absolute atomic E-state index is 0.0394. The molecule has 0 radical (unpaired) electrons. The van der Waals surface area contributed by atoms with Crippen LogP contribution in [0, 0.1) is 17.7 Å². The third kappa shape index (κ3) is 5.10. The van der Waals surface area contributed by atoms with Crippen LogP contribution in [0.3, 0.4) is 0 Å². The Morgan fingerprint density at radius 2 is 2.11 bits per heavy atom. The number of alkyl carbamates (subject to hydrolysis) is 1. The van der Waals surface area contributed by atoms with Gasteiger partial charge in [0.05, 0.1) is 12.3 Å². The monoisotopic (exact) mass is 487 g/mol. The molecule has 2 aromatic heterocycles. The molecule has 1 saturated carbocycles. The van der Waals surface area contributed by atoms with Gasteiger partial charge in [0.15, 0.2) is 0 Å². The number of carbonyl (C=O) groups is 1. The first-order valence-corrected chi connectivity index (χ1v) is 12.6. The minimum Gasteiger partial charge on any atom is -0.450 e. The van der Waals surface area contributed by atoms with E-state index in [2.05, 4.69) is 21.4 Å². The van der Waals surface area contributed by atoms with Gasteiger partial charge in [0, 0.05) is 35.5 Å². The first-order chi connectivity index (χ1) is 17.5. The molecule has 0 aliphatic heterocycles.